The van der Waals surface area contributed by atoms with Gasteiger partial charge in [0.25, 0.3) is 5.91 Å². The summed E-state index contributed by atoms with van der Waals surface area (Å²) < 4.78 is 46.9. The SMILES string of the molecule is CCCC[C@H](NC(=O)c1ccc(CS(=O)(=O)C(F)F)cc1)C(=O)O. The molecule has 0 spiro atoms. The van der Waals surface area contributed by atoms with Crippen LogP contribution in [0.3, 0.4) is 0 Å². The molecule has 6 nitrogen and oxygen atoms in total. The molecule has 1 aromatic carbocycles. The van der Waals surface area contributed by atoms with Crippen LogP contribution in [0.1, 0.15) is 42.1 Å². The summed E-state index contributed by atoms with van der Waals surface area (Å²) in [7, 11) is -4.54. The van der Waals surface area contributed by atoms with Crippen molar-refractivity contribution in [3.05, 3.63) is 35.4 Å². The van der Waals surface area contributed by atoms with Crippen LogP contribution in [0, 0.1) is 0 Å². The molecule has 0 aromatic heterocycles. The van der Waals surface area contributed by atoms with Gasteiger partial charge in [0.15, 0.2) is 0 Å². The Balaban J connectivity index is 2.77. The van der Waals surface area contributed by atoms with E-state index >= 15 is 0 Å². The fourth-order valence-electron chi connectivity index (χ4n) is 1.95. The van der Waals surface area contributed by atoms with Crippen molar-refractivity contribution in [1.29, 1.82) is 0 Å². The summed E-state index contributed by atoms with van der Waals surface area (Å²) in [5, 5.41) is 11.4. The molecule has 0 radical (unpaired) electrons. The number of unbranched alkanes of at least 4 members (excludes halogenated alkanes) is 1. The third kappa shape index (κ3) is 5.88. The minimum Gasteiger partial charge on any atom is -0.480 e. The van der Waals surface area contributed by atoms with Crippen molar-refractivity contribution in [1.82, 2.24) is 5.32 Å². The number of carbonyl (C=O) groups is 2. The molecule has 0 saturated heterocycles. The average Bonchev–Trinajstić information content (AvgIpc) is 2.51. The van der Waals surface area contributed by atoms with Gasteiger partial charge in [-0.15, -0.1) is 0 Å². The van der Waals surface area contributed by atoms with E-state index in [-0.39, 0.29) is 11.1 Å². The molecular formula is C15H19F2NO5S. The molecule has 1 atom stereocenters. The van der Waals surface area contributed by atoms with E-state index in [1.54, 1.807) is 0 Å². The molecule has 24 heavy (non-hydrogen) atoms. The van der Waals surface area contributed by atoms with Gasteiger partial charge in [-0.1, -0.05) is 31.9 Å². The van der Waals surface area contributed by atoms with E-state index in [1.165, 1.54) is 24.3 Å². The van der Waals surface area contributed by atoms with E-state index < -0.39 is 39.3 Å². The molecule has 134 valence electrons. The van der Waals surface area contributed by atoms with Gasteiger partial charge >= 0.3 is 11.7 Å². The van der Waals surface area contributed by atoms with Gasteiger partial charge in [0.05, 0.1) is 5.75 Å². The molecule has 0 unspecified atom stereocenters. The molecule has 2 N–H and O–H groups in total. The Labute approximate surface area is 138 Å². The Morgan fingerprint density at radius 2 is 1.79 bits per heavy atom. The first kappa shape index (κ1) is 20.0. The highest BCUT2D eigenvalue weighted by Gasteiger charge is 2.24. The number of sulfone groups is 1. The van der Waals surface area contributed by atoms with E-state index in [2.05, 4.69) is 5.32 Å². The summed E-state index contributed by atoms with van der Waals surface area (Å²) in [6.07, 6.45) is 1.72. The molecule has 0 fully saturated rings. The number of carboxylic acid groups (broad SMARTS) is 1. The number of carbonyl (C=O) groups excluding carboxylic acids is 1. The Bertz CT molecular complexity index is 674. The number of amides is 1. The van der Waals surface area contributed by atoms with E-state index in [0.29, 0.717) is 12.8 Å². The lowest BCUT2D eigenvalue weighted by molar-refractivity contribution is -0.139. The minimum atomic E-state index is -4.54. The van der Waals surface area contributed by atoms with Gasteiger partial charge in [0.1, 0.15) is 6.04 Å². The van der Waals surface area contributed by atoms with Crippen LogP contribution in [0.15, 0.2) is 24.3 Å². The zero-order valence-electron chi connectivity index (χ0n) is 13.0. The van der Waals surface area contributed by atoms with Gasteiger partial charge in [-0.2, -0.15) is 8.78 Å². The molecule has 1 rings (SSSR count). The first-order valence-corrected chi connectivity index (χ1v) is 9.01. The number of hydrogen-bond donors (Lipinski definition) is 2. The zero-order valence-corrected chi connectivity index (χ0v) is 13.9. The zero-order chi connectivity index (χ0) is 18.3. The van der Waals surface area contributed by atoms with E-state index in [9.17, 15) is 26.8 Å². The molecular weight excluding hydrogens is 344 g/mol. The normalized spacial score (nSPS) is 12.8. The summed E-state index contributed by atoms with van der Waals surface area (Å²) in [6, 6.07) is 4.01. The second kappa shape index (κ2) is 8.72. The number of nitrogens with one attached hydrogen (secondary N) is 1. The van der Waals surface area contributed by atoms with Crippen LogP contribution in [0.25, 0.3) is 0 Å². The Kier molecular flexibility index (Phi) is 7.27. The number of rotatable bonds is 9. The molecule has 1 amide bonds. The van der Waals surface area contributed by atoms with Crippen molar-refractivity contribution in [3.8, 4) is 0 Å². The van der Waals surface area contributed by atoms with Gasteiger partial charge < -0.3 is 10.4 Å². The summed E-state index contributed by atoms with van der Waals surface area (Å²) in [6.45, 7) is 1.90. The van der Waals surface area contributed by atoms with Crippen molar-refractivity contribution in [2.45, 2.75) is 43.7 Å². The molecule has 0 saturated carbocycles. The quantitative estimate of drug-likeness (QED) is 0.700. The lowest BCUT2D eigenvalue weighted by Crippen LogP contribution is -2.40. The summed E-state index contributed by atoms with van der Waals surface area (Å²) in [5.41, 5.74) is 0.239. The molecule has 0 aliphatic rings. The molecule has 0 bridgehead atoms. The smallest absolute Gasteiger partial charge is 0.337 e. The van der Waals surface area contributed by atoms with Crippen molar-refractivity contribution in [2.24, 2.45) is 0 Å². The van der Waals surface area contributed by atoms with Crippen molar-refractivity contribution in [2.75, 3.05) is 0 Å². The highest BCUT2D eigenvalue weighted by Crippen LogP contribution is 2.14. The largest absolute Gasteiger partial charge is 0.480 e. The highest BCUT2D eigenvalue weighted by atomic mass is 32.2. The Hall–Kier alpha value is -2.03. The molecule has 0 heterocycles. The summed E-state index contributed by atoms with van der Waals surface area (Å²) in [5.74, 6) is -6.06. The Morgan fingerprint density at radius 3 is 2.25 bits per heavy atom. The first-order chi connectivity index (χ1) is 11.2. The van der Waals surface area contributed by atoms with Crippen LogP contribution >= 0.6 is 0 Å². The maximum atomic E-state index is 12.3. The number of benzene rings is 1. The van der Waals surface area contributed by atoms with Gasteiger partial charge in [0, 0.05) is 5.56 Å². The number of halogens is 2. The number of hydrogen-bond acceptors (Lipinski definition) is 4. The second-order valence-electron chi connectivity index (χ2n) is 5.27. The average molecular weight is 363 g/mol. The predicted molar refractivity (Wildman–Crippen MR) is 83.5 cm³/mol. The van der Waals surface area contributed by atoms with Crippen LogP contribution in [-0.2, 0) is 20.4 Å². The first-order valence-electron chi connectivity index (χ1n) is 7.29. The van der Waals surface area contributed by atoms with Crippen LogP contribution in [0.2, 0.25) is 0 Å². The number of carboxylic acids is 1. The second-order valence-corrected chi connectivity index (χ2v) is 7.24. The summed E-state index contributed by atoms with van der Waals surface area (Å²) in [4.78, 5) is 23.1. The van der Waals surface area contributed by atoms with Gasteiger partial charge in [-0.3, -0.25) is 4.79 Å². The van der Waals surface area contributed by atoms with Gasteiger partial charge in [-0.05, 0) is 24.1 Å². The molecule has 9 heteroatoms. The third-order valence-corrected chi connectivity index (χ3v) is 4.58. The minimum absolute atomic E-state index is 0.118. The monoisotopic (exact) mass is 363 g/mol. The maximum absolute atomic E-state index is 12.3. The lowest BCUT2D eigenvalue weighted by Gasteiger charge is -2.14. The summed E-state index contributed by atoms with van der Waals surface area (Å²) >= 11 is 0. The van der Waals surface area contributed by atoms with Crippen molar-refractivity contribution in [3.63, 3.8) is 0 Å². The molecule has 0 aliphatic heterocycles. The van der Waals surface area contributed by atoms with E-state index in [0.717, 1.165) is 6.42 Å². The van der Waals surface area contributed by atoms with Crippen molar-refractivity contribution < 1.29 is 31.9 Å². The fraction of sp³-hybridized carbons (Fsp3) is 0.467. The van der Waals surface area contributed by atoms with Crippen LogP contribution in [0.4, 0.5) is 8.78 Å². The van der Waals surface area contributed by atoms with E-state index in [4.69, 9.17) is 5.11 Å². The molecule has 1 aromatic rings. The standard InChI is InChI=1S/C15H19F2NO5S/c1-2-3-4-12(14(20)21)18-13(19)11-7-5-10(6-8-11)9-24(22,23)15(16)17/h5-8,12,15H,2-4,9H2,1H3,(H,18,19)(H,20,21)/t12-/m0/s1. The van der Waals surface area contributed by atoms with E-state index in [1.807, 2.05) is 6.92 Å². The predicted octanol–water partition coefficient (Wildman–Crippen LogP) is 2.20. The molecule has 0 aliphatic carbocycles. The van der Waals surface area contributed by atoms with Gasteiger partial charge in [0.2, 0.25) is 9.84 Å². The van der Waals surface area contributed by atoms with Crippen LogP contribution in [0.5, 0.6) is 0 Å². The lowest BCUT2D eigenvalue weighted by atomic mass is 10.1. The highest BCUT2D eigenvalue weighted by molar-refractivity contribution is 7.90. The van der Waals surface area contributed by atoms with Crippen LogP contribution < -0.4 is 5.32 Å². The number of aliphatic carboxylic acids is 1. The topological polar surface area (TPSA) is 101 Å². The fourth-order valence-corrected chi connectivity index (χ4v) is 2.74. The maximum Gasteiger partial charge on any atom is 0.337 e. The Morgan fingerprint density at radius 1 is 1.21 bits per heavy atom. The van der Waals surface area contributed by atoms with Gasteiger partial charge in [-0.25, -0.2) is 13.2 Å². The number of alkyl halides is 2. The van der Waals surface area contributed by atoms with Crippen LogP contribution in [-0.4, -0.2) is 37.2 Å². The van der Waals surface area contributed by atoms with Crippen molar-refractivity contribution >= 4 is 21.7 Å². The third-order valence-electron chi connectivity index (χ3n) is 3.31.